The molecular weight excluding hydrogens is 753 g/mol. The molecule has 0 atom stereocenters. The molecule has 0 unspecified atom stereocenters. The minimum atomic E-state index is -4.73. The highest BCUT2D eigenvalue weighted by Gasteiger charge is 2.24. The lowest BCUT2D eigenvalue weighted by molar-refractivity contribution is -0.0851. The number of rotatable bonds is 12. The van der Waals surface area contributed by atoms with Crippen LogP contribution in [-0.2, 0) is 39.0 Å². The fraction of sp³-hybridized carbons (Fsp3) is 0.0323. The first kappa shape index (κ1) is 38.1. The fourth-order valence-electron chi connectivity index (χ4n) is 4.13. The van der Waals surface area contributed by atoms with Crippen LogP contribution >= 0.6 is 0 Å². The highest BCUT2D eigenvalue weighted by atomic mass is 32.2. The molecule has 53 heavy (non-hydrogen) atoms. The zero-order chi connectivity index (χ0) is 38.6. The second-order valence-corrected chi connectivity index (χ2v) is 15.3. The van der Waals surface area contributed by atoms with Crippen LogP contribution in [0.25, 0.3) is 0 Å². The second kappa shape index (κ2) is 15.2. The molecule has 0 fully saturated rings. The molecule has 22 heteroatoms. The molecule has 0 bridgehead atoms. The van der Waals surface area contributed by atoms with Crippen molar-refractivity contribution in [2.75, 3.05) is 22.9 Å². The van der Waals surface area contributed by atoms with E-state index >= 15 is 0 Å². The molecule has 0 aliphatic rings. The van der Waals surface area contributed by atoms with Crippen LogP contribution in [0.5, 0.6) is 0 Å². The zero-order valence-electron chi connectivity index (χ0n) is 27.2. The van der Waals surface area contributed by atoms with Crippen LogP contribution in [0.3, 0.4) is 0 Å². The van der Waals surface area contributed by atoms with E-state index in [9.17, 15) is 25.3 Å². The van der Waals surface area contributed by atoms with Crippen molar-refractivity contribution in [3.05, 3.63) is 103 Å². The summed E-state index contributed by atoms with van der Waals surface area (Å²) >= 11 is 0. The first-order valence-electron chi connectivity index (χ1n) is 14.7. The summed E-state index contributed by atoms with van der Waals surface area (Å²) < 4.78 is 90.9. The molecule has 5 aromatic carbocycles. The van der Waals surface area contributed by atoms with Crippen LogP contribution in [0.4, 0.5) is 56.9 Å². The number of hydrogen-bond donors (Lipinski definition) is 5. The molecular formula is C31H28N10O9S3. The monoisotopic (exact) mass is 780 g/mol. The van der Waals surface area contributed by atoms with Crippen LogP contribution in [0, 0.1) is 6.92 Å². The summed E-state index contributed by atoms with van der Waals surface area (Å²) in [5.74, 6) is 0. The fourth-order valence-corrected chi connectivity index (χ4v) is 6.29. The third kappa shape index (κ3) is 9.59. The second-order valence-electron chi connectivity index (χ2n) is 10.8. The minimum Gasteiger partial charge on any atom is -0.398 e. The lowest BCUT2D eigenvalue weighted by Gasteiger charge is -2.06. The van der Waals surface area contributed by atoms with Crippen molar-refractivity contribution in [3.8, 4) is 0 Å². The number of aryl methyl sites for hydroxylation is 1. The molecule has 0 saturated heterocycles. The van der Waals surface area contributed by atoms with E-state index in [0.717, 1.165) is 42.0 Å². The SMILES string of the molecule is Cc1cc(N=Nc2ccc(S(=O)(=O)OOS(=O)(=O)c3ccc(N=Nc4cc(N=Nc5ccc(S(=O)(=O)O)cc5)c(N)cc4N)cc3)cc2)c(N)cc1N. The quantitative estimate of drug-likeness (QED) is 0.0285. The molecule has 5 rings (SSSR count). The Morgan fingerprint density at radius 3 is 1.13 bits per heavy atom. The van der Waals surface area contributed by atoms with E-state index in [2.05, 4.69) is 39.4 Å². The van der Waals surface area contributed by atoms with Gasteiger partial charge in [-0.2, -0.15) is 40.6 Å². The van der Waals surface area contributed by atoms with Crippen molar-refractivity contribution in [2.45, 2.75) is 21.6 Å². The standard InChI is InChI=1S/C31H28N10O9S3/c1-18-14-29(26(33)15-25(18)32)39-36-20-4-10-23(11-5-20)52(45,46)49-50-53(47,48)24-12-6-21(7-13-24)38-41-31-17-30(27(34)16-28(31)35)40-37-19-2-8-22(9-3-19)51(42,43)44/h2-17H,32-35H2,1H3,(H,42,43,44). The average Bonchev–Trinajstić information content (AvgIpc) is 3.11. The van der Waals surface area contributed by atoms with E-state index < -0.39 is 40.1 Å². The number of azo groups is 3. The summed E-state index contributed by atoms with van der Waals surface area (Å²) in [7, 11) is -13.8. The number of benzene rings is 5. The Morgan fingerprint density at radius 1 is 0.453 bits per heavy atom. The van der Waals surface area contributed by atoms with Crippen LogP contribution < -0.4 is 22.9 Å². The number of nitrogens with two attached hydrogens (primary N) is 4. The van der Waals surface area contributed by atoms with Crippen LogP contribution in [0.2, 0.25) is 0 Å². The Hall–Kier alpha value is -6.17. The van der Waals surface area contributed by atoms with E-state index in [4.69, 9.17) is 27.5 Å². The van der Waals surface area contributed by atoms with E-state index in [-0.39, 0.29) is 44.7 Å². The molecule has 0 aliphatic carbocycles. The van der Waals surface area contributed by atoms with Gasteiger partial charge in [-0.25, -0.2) is 0 Å². The summed E-state index contributed by atoms with van der Waals surface area (Å²) in [6.07, 6.45) is 0. The first-order valence-corrected chi connectivity index (χ1v) is 18.9. The van der Waals surface area contributed by atoms with Crippen LogP contribution in [0.1, 0.15) is 5.56 Å². The Morgan fingerprint density at radius 2 is 0.774 bits per heavy atom. The van der Waals surface area contributed by atoms with Crippen molar-refractivity contribution < 1.29 is 38.5 Å². The van der Waals surface area contributed by atoms with Crippen LogP contribution in [-0.4, -0.2) is 29.8 Å². The molecule has 9 N–H and O–H groups in total. The molecule has 0 radical (unpaired) electrons. The van der Waals surface area contributed by atoms with E-state index in [0.29, 0.717) is 17.1 Å². The van der Waals surface area contributed by atoms with E-state index in [1.807, 2.05) is 0 Å². The molecule has 0 aromatic heterocycles. The minimum absolute atomic E-state index is 0.131. The Kier molecular flexibility index (Phi) is 10.9. The van der Waals surface area contributed by atoms with E-state index in [1.165, 1.54) is 48.5 Å². The molecule has 274 valence electrons. The van der Waals surface area contributed by atoms with Gasteiger partial charge in [0.1, 0.15) is 17.1 Å². The summed E-state index contributed by atoms with van der Waals surface area (Å²) in [5.41, 5.74) is 26.9. The number of nitrogen functional groups attached to an aromatic ring is 4. The van der Waals surface area contributed by atoms with Gasteiger partial charge >= 0.3 is 20.2 Å². The maximum absolute atomic E-state index is 12.7. The van der Waals surface area contributed by atoms with Gasteiger partial charge in [0.25, 0.3) is 10.1 Å². The summed E-state index contributed by atoms with van der Waals surface area (Å²) in [4.78, 5) is -1.20. The summed E-state index contributed by atoms with van der Waals surface area (Å²) in [6, 6.07) is 20.4. The van der Waals surface area contributed by atoms with Gasteiger partial charge in [-0.3, -0.25) is 4.55 Å². The van der Waals surface area contributed by atoms with Crippen molar-refractivity contribution >= 4 is 87.2 Å². The van der Waals surface area contributed by atoms with Gasteiger partial charge in [-0.15, -0.1) is 15.3 Å². The lowest BCUT2D eigenvalue weighted by Crippen LogP contribution is -2.13. The maximum atomic E-state index is 12.7. The largest absolute Gasteiger partial charge is 0.398 e. The van der Waals surface area contributed by atoms with Crippen LogP contribution in [0.15, 0.2) is 142 Å². The molecule has 19 nitrogen and oxygen atoms in total. The maximum Gasteiger partial charge on any atom is 0.324 e. The van der Waals surface area contributed by atoms with Gasteiger partial charge < -0.3 is 22.9 Å². The van der Waals surface area contributed by atoms with E-state index in [1.54, 1.807) is 19.1 Å². The van der Waals surface area contributed by atoms with Gasteiger partial charge in [0.2, 0.25) is 0 Å². The number of anilines is 4. The summed E-state index contributed by atoms with van der Waals surface area (Å²) in [5, 5.41) is 24.1. The highest BCUT2D eigenvalue weighted by molar-refractivity contribution is 7.89. The molecule has 0 spiro atoms. The van der Waals surface area contributed by atoms with Gasteiger partial charge in [0.15, 0.2) is 0 Å². The molecule has 0 amide bonds. The molecule has 0 heterocycles. The highest BCUT2D eigenvalue weighted by Crippen LogP contribution is 2.36. The molecule has 0 saturated carbocycles. The topological polar surface area (TPSA) is 319 Å². The predicted molar refractivity (Wildman–Crippen MR) is 193 cm³/mol. The van der Waals surface area contributed by atoms with Crippen molar-refractivity contribution in [1.29, 1.82) is 0 Å². The zero-order valence-corrected chi connectivity index (χ0v) is 29.6. The van der Waals surface area contributed by atoms with Crippen molar-refractivity contribution in [2.24, 2.45) is 30.7 Å². The Bertz CT molecular complexity index is 2600. The Labute approximate surface area is 302 Å². The van der Waals surface area contributed by atoms with Gasteiger partial charge in [0.05, 0.1) is 48.8 Å². The number of nitrogens with zero attached hydrogens (tertiary/aromatic N) is 6. The van der Waals surface area contributed by atoms with Crippen molar-refractivity contribution in [1.82, 2.24) is 0 Å². The van der Waals surface area contributed by atoms with Gasteiger partial charge in [0, 0.05) is 5.69 Å². The summed E-state index contributed by atoms with van der Waals surface area (Å²) in [6.45, 7) is 1.77. The van der Waals surface area contributed by atoms with Gasteiger partial charge in [-0.1, -0.05) is 8.67 Å². The third-order valence-corrected chi connectivity index (χ3v) is 10.2. The normalized spacial score (nSPS) is 12.6. The predicted octanol–water partition coefficient (Wildman–Crippen LogP) is 6.84. The number of hydrogen-bond acceptors (Lipinski definition) is 18. The molecule has 5 aromatic rings. The average molecular weight is 781 g/mol. The van der Waals surface area contributed by atoms with Gasteiger partial charge in [-0.05, 0) is 110 Å². The Balaban J connectivity index is 1.22. The molecule has 0 aliphatic heterocycles. The third-order valence-electron chi connectivity index (χ3n) is 7.00. The van der Waals surface area contributed by atoms with Crippen molar-refractivity contribution in [3.63, 3.8) is 0 Å². The lowest BCUT2D eigenvalue weighted by atomic mass is 10.1. The smallest absolute Gasteiger partial charge is 0.324 e. The first-order chi connectivity index (χ1) is 24.9.